The molecule has 0 radical (unpaired) electrons. The van der Waals surface area contributed by atoms with Gasteiger partial charge in [-0.05, 0) is 43.5 Å². The van der Waals surface area contributed by atoms with Crippen molar-refractivity contribution in [1.82, 2.24) is 20.4 Å². The summed E-state index contributed by atoms with van der Waals surface area (Å²) in [4.78, 5) is 21.0. The summed E-state index contributed by atoms with van der Waals surface area (Å²) in [5.74, 6) is 5.62. The Labute approximate surface area is 196 Å². The number of carbonyl (C=O) groups is 1. The van der Waals surface area contributed by atoms with Crippen LogP contribution in [0.1, 0.15) is 40.4 Å². The second kappa shape index (κ2) is 11.7. The minimum atomic E-state index is -0.484. The average molecular weight is 476 g/mol. The minimum absolute atomic E-state index is 0.0226. The molecule has 3 rings (SSSR count). The number of hydrogen-bond acceptors (Lipinski definition) is 9. The number of hydrazone groups is 1. The molecule has 12 heteroatoms. The Hall–Kier alpha value is -3.35. The van der Waals surface area contributed by atoms with Crippen molar-refractivity contribution < 1.29 is 23.8 Å². The molecule has 184 valence electrons. The first-order valence-corrected chi connectivity index (χ1v) is 10.8. The van der Waals surface area contributed by atoms with Crippen LogP contribution in [0.4, 0.5) is 4.39 Å². The zero-order valence-electron chi connectivity index (χ0n) is 19.2. The van der Waals surface area contributed by atoms with Crippen molar-refractivity contribution in [3.05, 3.63) is 52.9 Å². The average Bonchev–Trinajstić information content (AvgIpc) is 2.83. The first kappa shape index (κ1) is 25.3. The van der Waals surface area contributed by atoms with Crippen LogP contribution >= 0.6 is 0 Å². The molecule has 34 heavy (non-hydrogen) atoms. The van der Waals surface area contributed by atoms with Gasteiger partial charge >= 0.3 is 0 Å². The summed E-state index contributed by atoms with van der Waals surface area (Å²) in [7, 11) is 1.37. The van der Waals surface area contributed by atoms with Crippen LogP contribution in [-0.4, -0.2) is 64.9 Å². The lowest BCUT2D eigenvalue weighted by molar-refractivity contribution is -0.0440. The summed E-state index contributed by atoms with van der Waals surface area (Å²) in [6.07, 6.45) is 1.48. The highest BCUT2D eigenvalue weighted by Gasteiger charge is 2.22. The molecule has 2 heterocycles. The van der Waals surface area contributed by atoms with E-state index in [2.05, 4.69) is 20.4 Å². The number of amides is 1. The van der Waals surface area contributed by atoms with Crippen LogP contribution in [0.3, 0.4) is 0 Å². The highest BCUT2D eigenvalue weighted by Crippen LogP contribution is 2.19. The molecule has 2 aromatic rings. The van der Waals surface area contributed by atoms with Gasteiger partial charge in [0.15, 0.2) is 17.4 Å². The lowest BCUT2D eigenvalue weighted by Gasteiger charge is -2.29. The fourth-order valence-electron chi connectivity index (χ4n) is 3.49. The number of aliphatic hydroxyl groups excluding tert-OH is 1. The number of hydrogen-bond donors (Lipinski definition) is 4. The van der Waals surface area contributed by atoms with Crippen LogP contribution in [0.25, 0.3) is 0 Å². The molecule has 1 saturated heterocycles. The number of nitrogens with one attached hydrogen (secondary N) is 1. The number of nitrogens with zero attached hydrogens (tertiary/aromatic N) is 4. The molecule has 1 fully saturated rings. The highest BCUT2D eigenvalue weighted by molar-refractivity contribution is 5.99. The molecule has 0 saturated carbocycles. The van der Waals surface area contributed by atoms with Crippen molar-refractivity contribution in [1.29, 1.82) is 0 Å². The monoisotopic (exact) mass is 475 g/mol. The number of carbonyl (C=O) groups excluding carboxylic acids is 1. The number of benzene rings is 1. The van der Waals surface area contributed by atoms with Gasteiger partial charge in [-0.25, -0.2) is 25.3 Å². The third kappa shape index (κ3) is 6.83. The molecule has 1 aliphatic rings. The van der Waals surface area contributed by atoms with E-state index < -0.39 is 11.7 Å². The summed E-state index contributed by atoms with van der Waals surface area (Å²) in [6.45, 7) is 2.67. The number of nitrogens with two attached hydrogens (primary N) is 2. The van der Waals surface area contributed by atoms with E-state index in [4.69, 9.17) is 21.1 Å². The van der Waals surface area contributed by atoms with Crippen LogP contribution in [0.5, 0.6) is 5.75 Å². The van der Waals surface area contributed by atoms with E-state index in [1.54, 1.807) is 13.0 Å². The molecule has 11 nitrogen and oxygen atoms in total. The van der Waals surface area contributed by atoms with E-state index in [9.17, 15) is 14.3 Å². The maximum Gasteiger partial charge on any atom is 0.270 e. The SMILES string of the molecule is COc1cc(CNC(=O)c2cc(/C(N)=N/N(N)CC3CCC(CO)CO3)nc(C)n2)ccc1F. The van der Waals surface area contributed by atoms with Crippen LogP contribution in [0.15, 0.2) is 29.4 Å². The number of ether oxygens (including phenoxy) is 2. The van der Waals surface area contributed by atoms with Gasteiger partial charge < -0.3 is 25.6 Å². The Bertz CT molecular complexity index is 1030. The maximum atomic E-state index is 13.6. The molecule has 2 atom stereocenters. The minimum Gasteiger partial charge on any atom is -0.494 e. The molecular formula is C22H30FN7O4. The van der Waals surface area contributed by atoms with E-state index >= 15 is 0 Å². The molecule has 0 aliphatic carbocycles. The van der Waals surface area contributed by atoms with Crippen LogP contribution in [-0.2, 0) is 11.3 Å². The van der Waals surface area contributed by atoms with Crippen LogP contribution < -0.4 is 21.6 Å². The van der Waals surface area contributed by atoms with E-state index in [1.165, 1.54) is 30.4 Å². The van der Waals surface area contributed by atoms with Gasteiger partial charge in [0.1, 0.15) is 17.2 Å². The van der Waals surface area contributed by atoms with Crippen LogP contribution in [0, 0.1) is 18.7 Å². The summed E-state index contributed by atoms with van der Waals surface area (Å²) < 4.78 is 24.2. The first-order valence-electron chi connectivity index (χ1n) is 10.8. The summed E-state index contributed by atoms with van der Waals surface area (Å²) in [6, 6.07) is 5.75. The summed E-state index contributed by atoms with van der Waals surface area (Å²) in [5.41, 5.74) is 7.09. The molecular weight excluding hydrogens is 445 g/mol. The van der Waals surface area contributed by atoms with Gasteiger partial charge in [0.25, 0.3) is 5.91 Å². The first-order chi connectivity index (χ1) is 16.3. The second-order valence-corrected chi connectivity index (χ2v) is 8.03. The number of amidine groups is 1. The maximum absolute atomic E-state index is 13.6. The normalized spacial score (nSPS) is 18.4. The van der Waals surface area contributed by atoms with Crippen molar-refractivity contribution in [2.75, 3.05) is 26.9 Å². The third-order valence-corrected chi connectivity index (χ3v) is 5.35. The van der Waals surface area contributed by atoms with Gasteiger partial charge in [-0.3, -0.25) is 4.79 Å². The predicted molar refractivity (Wildman–Crippen MR) is 122 cm³/mol. The number of halogens is 1. The number of aliphatic hydroxyl groups is 1. The molecule has 1 aromatic carbocycles. The Morgan fingerprint density at radius 3 is 2.79 bits per heavy atom. The highest BCUT2D eigenvalue weighted by atomic mass is 19.1. The van der Waals surface area contributed by atoms with Gasteiger partial charge in [-0.1, -0.05) is 6.07 Å². The smallest absolute Gasteiger partial charge is 0.270 e. The molecule has 1 aliphatic heterocycles. The van der Waals surface area contributed by atoms with Crippen molar-refractivity contribution >= 4 is 11.7 Å². The predicted octanol–water partition coefficient (Wildman–Crippen LogP) is 0.446. The lowest BCUT2D eigenvalue weighted by Crippen LogP contribution is -2.40. The summed E-state index contributed by atoms with van der Waals surface area (Å²) in [5, 5.41) is 17.3. The van der Waals surface area contributed by atoms with Gasteiger partial charge in [0.2, 0.25) is 0 Å². The van der Waals surface area contributed by atoms with E-state index in [-0.39, 0.29) is 48.1 Å². The number of aryl methyl sites for hydroxylation is 1. The fraction of sp³-hybridized carbons (Fsp3) is 0.455. The van der Waals surface area contributed by atoms with E-state index in [0.29, 0.717) is 24.5 Å². The van der Waals surface area contributed by atoms with Crippen molar-refractivity contribution in [3.8, 4) is 5.75 Å². The van der Waals surface area contributed by atoms with Crippen LogP contribution in [0.2, 0.25) is 0 Å². The largest absolute Gasteiger partial charge is 0.494 e. The summed E-state index contributed by atoms with van der Waals surface area (Å²) >= 11 is 0. The second-order valence-electron chi connectivity index (χ2n) is 8.03. The number of rotatable bonds is 9. The molecule has 6 N–H and O–H groups in total. The van der Waals surface area contributed by atoms with E-state index in [0.717, 1.165) is 12.8 Å². The Kier molecular flexibility index (Phi) is 8.68. The topological polar surface area (TPSA) is 161 Å². The molecule has 0 bridgehead atoms. The number of methoxy groups -OCH3 is 1. The van der Waals surface area contributed by atoms with E-state index in [1.807, 2.05) is 0 Å². The van der Waals surface area contributed by atoms with Gasteiger partial charge in [-0.15, -0.1) is 5.10 Å². The zero-order chi connectivity index (χ0) is 24.7. The third-order valence-electron chi connectivity index (χ3n) is 5.35. The zero-order valence-corrected chi connectivity index (χ0v) is 19.2. The Morgan fingerprint density at radius 1 is 1.35 bits per heavy atom. The standard InChI is InChI=1S/C22H30FN7O4/c1-13-27-18(21(24)29-30(25)10-16-5-3-15(11-31)12-34-16)8-19(28-13)22(32)26-9-14-4-6-17(23)20(7-14)33-2/h4,6-8,15-16,31H,3,5,9-12,25H2,1-2H3,(H2,24,29)(H,26,32). The van der Waals surface area contributed by atoms with Gasteiger partial charge in [-0.2, -0.15) is 0 Å². The lowest BCUT2D eigenvalue weighted by atomic mass is 9.99. The van der Waals surface area contributed by atoms with Gasteiger partial charge in [0.05, 0.1) is 26.4 Å². The molecule has 2 unspecified atom stereocenters. The van der Waals surface area contributed by atoms with Crippen molar-refractivity contribution in [3.63, 3.8) is 0 Å². The molecule has 0 spiro atoms. The molecule has 1 amide bonds. The van der Waals surface area contributed by atoms with Crippen molar-refractivity contribution in [2.45, 2.75) is 32.4 Å². The van der Waals surface area contributed by atoms with Gasteiger partial charge in [0, 0.05) is 19.1 Å². The quantitative estimate of drug-likeness (QED) is 0.175. The number of hydrazine groups is 1. The number of aromatic nitrogens is 2. The van der Waals surface area contributed by atoms with Crippen molar-refractivity contribution in [2.24, 2.45) is 22.6 Å². The Morgan fingerprint density at radius 2 is 2.12 bits per heavy atom. The molecule has 1 aromatic heterocycles. The Balaban J connectivity index is 1.63. The fourth-order valence-corrected chi connectivity index (χ4v) is 3.49.